The lowest BCUT2D eigenvalue weighted by Gasteiger charge is -2.18. The van der Waals surface area contributed by atoms with Gasteiger partial charge in [0.25, 0.3) is 0 Å². The third-order valence-corrected chi connectivity index (χ3v) is 4.96. The first-order valence-electron chi connectivity index (χ1n) is 8.07. The lowest BCUT2D eigenvalue weighted by molar-refractivity contribution is -0.149. The van der Waals surface area contributed by atoms with Crippen LogP contribution in [0.2, 0.25) is 0 Å². The van der Waals surface area contributed by atoms with E-state index in [1.54, 1.807) is 7.11 Å². The molecule has 0 spiro atoms. The van der Waals surface area contributed by atoms with Crippen LogP contribution in [0.5, 0.6) is 0 Å². The van der Waals surface area contributed by atoms with E-state index in [1.165, 1.54) is 12.7 Å². The Kier molecular flexibility index (Phi) is 5.58. The van der Waals surface area contributed by atoms with E-state index in [1.807, 2.05) is 13.8 Å². The molecule has 0 radical (unpaired) electrons. The molecule has 0 aliphatic heterocycles. The molecule has 1 aromatic carbocycles. The average Bonchev–Trinajstić information content (AvgIpc) is 2.94. The summed E-state index contributed by atoms with van der Waals surface area (Å²) in [7, 11) is 3.00. The smallest absolute Gasteiger partial charge is 0.309 e. The van der Waals surface area contributed by atoms with Gasteiger partial charge in [0.1, 0.15) is 5.78 Å². The van der Waals surface area contributed by atoms with Gasteiger partial charge in [0.2, 0.25) is 0 Å². The van der Waals surface area contributed by atoms with Crippen molar-refractivity contribution in [1.29, 1.82) is 0 Å². The first-order valence-corrected chi connectivity index (χ1v) is 8.07. The molecule has 126 valence electrons. The third-order valence-electron chi connectivity index (χ3n) is 4.96. The van der Waals surface area contributed by atoms with Gasteiger partial charge in [0, 0.05) is 19.4 Å². The van der Waals surface area contributed by atoms with Crippen molar-refractivity contribution in [3.8, 4) is 0 Å². The molecule has 1 aromatic rings. The highest BCUT2D eigenvalue weighted by atomic mass is 16.5. The molecule has 0 saturated heterocycles. The maximum absolute atomic E-state index is 12.8. The Morgan fingerprint density at radius 2 is 1.61 bits per heavy atom. The quantitative estimate of drug-likeness (QED) is 0.783. The molecular formula is C19H26O4. The second-order valence-corrected chi connectivity index (χ2v) is 6.59. The van der Waals surface area contributed by atoms with E-state index in [9.17, 15) is 9.59 Å². The van der Waals surface area contributed by atoms with Crippen molar-refractivity contribution < 1.29 is 19.1 Å². The van der Waals surface area contributed by atoms with Crippen LogP contribution >= 0.6 is 0 Å². The van der Waals surface area contributed by atoms with Gasteiger partial charge >= 0.3 is 5.97 Å². The van der Waals surface area contributed by atoms with Crippen molar-refractivity contribution in [2.24, 2.45) is 11.8 Å². The number of aryl methyl sites for hydroxylation is 3. The van der Waals surface area contributed by atoms with Crippen molar-refractivity contribution in [3.05, 3.63) is 34.4 Å². The average molecular weight is 318 g/mol. The molecule has 3 atom stereocenters. The summed E-state index contributed by atoms with van der Waals surface area (Å²) in [5.74, 6) is -0.897. The highest BCUT2D eigenvalue weighted by molar-refractivity contribution is 5.89. The highest BCUT2D eigenvalue weighted by Crippen LogP contribution is 2.36. The van der Waals surface area contributed by atoms with Crippen molar-refractivity contribution >= 4 is 11.8 Å². The van der Waals surface area contributed by atoms with Crippen molar-refractivity contribution in [1.82, 2.24) is 0 Å². The SMILES string of the molecule is COC(=O)C1CC(OC)CC1C(=O)Cc1c(C)cc(C)cc1C. The van der Waals surface area contributed by atoms with Crippen LogP contribution in [0.4, 0.5) is 0 Å². The second-order valence-electron chi connectivity index (χ2n) is 6.59. The van der Waals surface area contributed by atoms with E-state index in [2.05, 4.69) is 19.1 Å². The number of esters is 1. The fourth-order valence-electron chi connectivity index (χ4n) is 3.75. The van der Waals surface area contributed by atoms with Crippen LogP contribution in [0.25, 0.3) is 0 Å². The lowest BCUT2D eigenvalue weighted by atomic mass is 9.86. The number of hydrogen-bond acceptors (Lipinski definition) is 4. The van der Waals surface area contributed by atoms with Gasteiger partial charge in [-0.05, 0) is 50.3 Å². The predicted molar refractivity (Wildman–Crippen MR) is 88.4 cm³/mol. The van der Waals surface area contributed by atoms with Gasteiger partial charge in [-0.25, -0.2) is 0 Å². The molecule has 3 unspecified atom stereocenters. The van der Waals surface area contributed by atoms with Gasteiger partial charge in [0.15, 0.2) is 0 Å². The maximum Gasteiger partial charge on any atom is 0.309 e. The fraction of sp³-hybridized carbons (Fsp3) is 0.579. The zero-order chi connectivity index (χ0) is 17.1. The number of Topliss-reactive ketones (excluding diaryl/α,β-unsaturated/α-hetero) is 1. The van der Waals surface area contributed by atoms with E-state index in [4.69, 9.17) is 9.47 Å². The Morgan fingerprint density at radius 3 is 2.13 bits per heavy atom. The summed E-state index contributed by atoms with van der Waals surface area (Å²) in [6.07, 6.45) is 1.48. The van der Waals surface area contributed by atoms with Crippen LogP contribution in [-0.4, -0.2) is 32.1 Å². The molecule has 0 heterocycles. The first kappa shape index (κ1) is 17.7. The van der Waals surface area contributed by atoms with Crippen molar-refractivity contribution in [2.75, 3.05) is 14.2 Å². The molecule has 0 amide bonds. The van der Waals surface area contributed by atoms with E-state index >= 15 is 0 Å². The van der Waals surface area contributed by atoms with Gasteiger partial charge in [-0.2, -0.15) is 0 Å². The summed E-state index contributed by atoms with van der Waals surface area (Å²) in [6.45, 7) is 6.12. The standard InChI is InChI=1S/C19H26O4/c1-11-6-12(2)15(13(3)7-11)10-18(20)16-8-14(22-4)9-17(16)19(21)23-5/h6-7,14,16-17H,8-10H2,1-5H3. The minimum absolute atomic E-state index is 0.0479. The van der Waals surface area contributed by atoms with E-state index < -0.39 is 0 Å². The van der Waals surface area contributed by atoms with E-state index in [0.29, 0.717) is 19.3 Å². The molecule has 1 fully saturated rings. The largest absolute Gasteiger partial charge is 0.469 e. The Balaban J connectivity index is 2.20. The fourth-order valence-corrected chi connectivity index (χ4v) is 3.75. The molecule has 1 aliphatic rings. The maximum atomic E-state index is 12.8. The molecular weight excluding hydrogens is 292 g/mol. The predicted octanol–water partition coefficient (Wildman–Crippen LogP) is 2.94. The summed E-state index contributed by atoms with van der Waals surface area (Å²) in [5, 5.41) is 0. The number of carbonyl (C=O) groups excluding carboxylic acids is 2. The molecule has 4 heteroatoms. The topological polar surface area (TPSA) is 52.6 Å². The minimum Gasteiger partial charge on any atom is -0.469 e. The summed E-state index contributed by atoms with van der Waals surface area (Å²) in [4.78, 5) is 24.8. The van der Waals surface area contributed by atoms with Crippen LogP contribution in [-0.2, 0) is 25.5 Å². The molecule has 0 N–H and O–H groups in total. The third kappa shape index (κ3) is 3.81. The molecule has 23 heavy (non-hydrogen) atoms. The summed E-state index contributed by atoms with van der Waals surface area (Å²) < 4.78 is 10.2. The number of ether oxygens (including phenoxy) is 2. The van der Waals surface area contributed by atoms with Crippen molar-refractivity contribution in [3.63, 3.8) is 0 Å². The Hall–Kier alpha value is -1.68. The summed E-state index contributed by atoms with van der Waals surface area (Å²) in [5.41, 5.74) is 4.53. The Labute approximate surface area is 138 Å². The lowest BCUT2D eigenvalue weighted by Crippen LogP contribution is -2.28. The van der Waals surface area contributed by atoms with Gasteiger partial charge in [-0.3, -0.25) is 9.59 Å². The van der Waals surface area contributed by atoms with Gasteiger partial charge in [-0.15, -0.1) is 0 Å². The normalized spacial score (nSPS) is 23.8. The van der Waals surface area contributed by atoms with E-state index in [-0.39, 0.29) is 29.7 Å². The molecule has 4 nitrogen and oxygen atoms in total. The Bertz CT molecular complexity index is 582. The number of methoxy groups -OCH3 is 2. The zero-order valence-electron chi connectivity index (χ0n) is 14.6. The van der Waals surface area contributed by atoms with Gasteiger partial charge in [0.05, 0.1) is 19.1 Å². The first-order chi connectivity index (χ1) is 10.9. The van der Waals surface area contributed by atoms with Crippen LogP contribution < -0.4 is 0 Å². The number of carbonyl (C=O) groups is 2. The van der Waals surface area contributed by atoms with Crippen LogP contribution in [0.1, 0.15) is 35.1 Å². The number of hydrogen-bond donors (Lipinski definition) is 0. The molecule has 1 saturated carbocycles. The second kappa shape index (κ2) is 7.26. The van der Waals surface area contributed by atoms with Crippen LogP contribution in [0, 0.1) is 32.6 Å². The van der Waals surface area contributed by atoms with Gasteiger partial charge in [-0.1, -0.05) is 17.7 Å². The molecule has 0 bridgehead atoms. The van der Waals surface area contributed by atoms with E-state index in [0.717, 1.165) is 16.7 Å². The number of rotatable bonds is 5. The zero-order valence-corrected chi connectivity index (χ0v) is 14.6. The summed E-state index contributed by atoms with van der Waals surface area (Å²) in [6, 6.07) is 4.19. The highest BCUT2D eigenvalue weighted by Gasteiger charge is 2.43. The minimum atomic E-state index is -0.386. The monoisotopic (exact) mass is 318 g/mol. The molecule has 2 rings (SSSR count). The Morgan fingerprint density at radius 1 is 1.04 bits per heavy atom. The molecule has 0 aromatic heterocycles. The molecule has 1 aliphatic carbocycles. The van der Waals surface area contributed by atoms with Crippen LogP contribution in [0.15, 0.2) is 12.1 Å². The van der Waals surface area contributed by atoms with Gasteiger partial charge < -0.3 is 9.47 Å². The van der Waals surface area contributed by atoms with Crippen molar-refractivity contribution in [2.45, 2.75) is 46.1 Å². The van der Waals surface area contributed by atoms with Crippen LogP contribution in [0.3, 0.4) is 0 Å². The number of ketones is 1. The summed E-state index contributed by atoms with van der Waals surface area (Å²) >= 11 is 0. The number of benzene rings is 1.